The van der Waals surface area contributed by atoms with Gasteiger partial charge < -0.3 is 10.1 Å². The van der Waals surface area contributed by atoms with Gasteiger partial charge in [0.2, 0.25) is 0 Å². The van der Waals surface area contributed by atoms with E-state index in [1.165, 1.54) is 0 Å². The number of hydrogen-bond acceptors (Lipinski definition) is 2. The number of rotatable bonds is 1. The Labute approximate surface area is 76.4 Å². The molecule has 0 radical (unpaired) electrons. The fraction of sp³-hybridized carbons (Fsp3) is 0.300. The normalized spacial score (nSPS) is 13.5. The number of aliphatic hydroxyl groups is 1. The predicted octanol–water partition coefficient (Wildman–Crippen LogP) is 1.92. The SMILES string of the molecule is Cc1c(C(C)O)[nH]c2ncccc12. The molecule has 2 rings (SSSR count). The van der Waals surface area contributed by atoms with Crippen LogP contribution in [-0.2, 0) is 0 Å². The fourth-order valence-electron chi connectivity index (χ4n) is 1.59. The van der Waals surface area contributed by atoms with Crippen molar-refractivity contribution >= 4 is 11.0 Å². The lowest BCUT2D eigenvalue weighted by atomic mass is 10.1. The maximum absolute atomic E-state index is 9.45. The fourth-order valence-corrected chi connectivity index (χ4v) is 1.59. The van der Waals surface area contributed by atoms with Gasteiger partial charge in [-0.25, -0.2) is 4.98 Å². The van der Waals surface area contributed by atoms with Crippen molar-refractivity contribution in [1.82, 2.24) is 9.97 Å². The summed E-state index contributed by atoms with van der Waals surface area (Å²) in [5.74, 6) is 0. The van der Waals surface area contributed by atoms with Gasteiger partial charge in [-0.15, -0.1) is 0 Å². The third-order valence-corrected chi connectivity index (χ3v) is 2.29. The van der Waals surface area contributed by atoms with Crippen molar-refractivity contribution < 1.29 is 5.11 Å². The van der Waals surface area contributed by atoms with Crippen LogP contribution in [0.15, 0.2) is 18.3 Å². The number of fused-ring (bicyclic) bond motifs is 1. The van der Waals surface area contributed by atoms with E-state index in [1.807, 2.05) is 19.1 Å². The molecule has 2 aromatic heterocycles. The second-order valence-electron chi connectivity index (χ2n) is 3.24. The number of aromatic nitrogens is 2. The highest BCUT2D eigenvalue weighted by Crippen LogP contribution is 2.23. The first kappa shape index (κ1) is 8.26. The van der Waals surface area contributed by atoms with Crippen LogP contribution in [0.1, 0.15) is 24.3 Å². The summed E-state index contributed by atoms with van der Waals surface area (Å²) < 4.78 is 0. The Morgan fingerprint density at radius 2 is 2.31 bits per heavy atom. The van der Waals surface area contributed by atoms with E-state index in [0.717, 1.165) is 22.3 Å². The summed E-state index contributed by atoms with van der Waals surface area (Å²) in [4.78, 5) is 7.28. The zero-order chi connectivity index (χ0) is 9.42. The molecule has 2 aromatic rings. The maximum Gasteiger partial charge on any atom is 0.137 e. The van der Waals surface area contributed by atoms with E-state index in [4.69, 9.17) is 0 Å². The average molecular weight is 176 g/mol. The molecule has 0 saturated carbocycles. The molecular formula is C10H12N2O. The second kappa shape index (κ2) is 2.85. The van der Waals surface area contributed by atoms with Crippen LogP contribution in [0.2, 0.25) is 0 Å². The van der Waals surface area contributed by atoms with Gasteiger partial charge >= 0.3 is 0 Å². The average Bonchev–Trinajstić information content (AvgIpc) is 2.45. The van der Waals surface area contributed by atoms with Crippen LogP contribution in [0.3, 0.4) is 0 Å². The molecule has 0 saturated heterocycles. The summed E-state index contributed by atoms with van der Waals surface area (Å²) in [7, 11) is 0. The molecule has 0 fully saturated rings. The van der Waals surface area contributed by atoms with E-state index in [2.05, 4.69) is 9.97 Å². The van der Waals surface area contributed by atoms with Crippen molar-refractivity contribution in [3.8, 4) is 0 Å². The Balaban J connectivity index is 2.74. The molecule has 1 unspecified atom stereocenters. The van der Waals surface area contributed by atoms with Crippen molar-refractivity contribution in [3.05, 3.63) is 29.6 Å². The highest BCUT2D eigenvalue weighted by molar-refractivity contribution is 5.80. The number of nitrogens with zero attached hydrogens (tertiary/aromatic N) is 1. The van der Waals surface area contributed by atoms with E-state index < -0.39 is 6.10 Å². The van der Waals surface area contributed by atoms with Gasteiger partial charge in [0, 0.05) is 17.3 Å². The van der Waals surface area contributed by atoms with Crippen LogP contribution in [0, 0.1) is 6.92 Å². The van der Waals surface area contributed by atoms with Crippen molar-refractivity contribution in [2.45, 2.75) is 20.0 Å². The Bertz CT molecular complexity index is 431. The molecule has 2 heterocycles. The number of aromatic amines is 1. The largest absolute Gasteiger partial charge is 0.387 e. The minimum Gasteiger partial charge on any atom is -0.387 e. The highest BCUT2D eigenvalue weighted by Gasteiger charge is 2.11. The number of hydrogen-bond donors (Lipinski definition) is 2. The Morgan fingerprint density at radius 3 is 2.92 bits per heavy atom. The molecule has 68 valence electrons. The number of nitrogens with one attached hydrogen (secondary N) is 1. The third-order valence-electron chi connectivity index (χ3n) is 2.29. The van der Waals surface area contributed by atoms with Gasteiger partial charge in [0.25, 0.3) is 0 Å². The van der Waals surface area contributed by atoms with Gasteiger partial charge in [0.15, 0.2) is 0 Å². The lowest BCUT2D eigenvalue weighted by Crippen LogP contribution is -1.92. The van der Waals surface area contributed by atoms with Crippen LogP contribution >= 0.6 is 0 Å². The third kappa shape index (κ3) is 1.21. The molecular weight excluding hydrogens is 164 g/mol. The molecule has 0 amide bonds. The van der Waals surface area contributed by atoms with E-state index in [0.29, 0.717) is 0 Å². The minimum absolute atomic E-state index is 0.464. The molecule has 3 heteroatoms. The molecule has 0 aliphatic carbocycles. The van der Waals surface area contributed by atoms with E-state index in [9.17, 15) is 5.11 Å². The van der Waals surface area contributed by atoms with E-state index in [-0.39, 0.29) is 0 Å². The van der Waals surface area contributed by atoms with Crippen LogP contribution in [-0.4, -0.2) is 15.1 Å². The summed E-state index contributed by atoms with van der Waals surface area (Å²) in [5.41, 5.74) is 2.78. The van der Waals surface area contributed by atoms with Crippen molar-refractivity contribution in [2.75, 3.05) is 0 Å². The number of H-pyrrole nitrogens is 1. The summed E-state index contributed by atoms with van der Waals surface area (Å²) in [6.45, 7) is 3.74. The Kier molecular flexibility index (Phi) is 1.81. The summed E-state index contributed by atoms with van der Waals surface area (Å²) in [6.07, 6.45) is 1.28. The molecule has 3 nitrogen and oxygen atoms in total. The van der Waals surface area contributed by atoms with Gasteiger partial charge in [0.05, 0.1) is 6.10 Å². The van der Waals surface area contributed by atoms with E-state index in [1.54, 1.807) is 13.1 Å². The van der Waals surface area contributed by atoms with Crippen LogP contribution in [0.25, 0.3) is 11.0 Å². The topological polar surface area (TPSA) is 48.9 Å². The summed E-state index contributed by atoms with van der Waals surface area (Å²) >= 11 is 0. The lowest BCUT2D eigenvalue weighted by Gasteiger charge is -2.01. The van der Waals surface area contributed by atoms with Crippen molar-refractivity contribution in [1.29, 1.82) is 0 Å². The first-order chi connectivity index (χ1) is 6.20. The van der Waals surface area contributed by atoms with E-state index >= 15 is 0 Å². The first-order valence-corrected chi connectivity index (χ1v) is 4.31. The zero-order valence-electron chi connectivity index (χ0n) is 7.70. The van der Waals surface area contributed by atoms with Crippen molar-refractivity contribution in [3.63, 3.8) is 0 Å². The molecule has 2 N–H and O–H groups in total. The van der Waals surface area contributed by atoms with Crippen LogP contribution in [0.4, 0.5) is 0 Å². The zero-order valence-corrected chi connectivity index (χ0v) is 7.70. The van der Waals surface area contributed by atoms with Gasteiger partial charge in [-0.05, 0) is 31.5 Å². The quantitative estimate of drug-likeness (QED) is 0.697. The molecule has 0 aliphatic rings. The second-order valence-corrected chi connectivity index (χ2v) is 3.24. The molecule has 0 aromatic carbocycles. The summed E-state index contributed by atoms with van der Waals surface area (Å²) in [5, 5.41) is 10.5. The van der Waals surface area contributed by atoms with Gasteiger partial charge in [0.1, 0.15) is 5.65 Å². The van der Waals surface area contributed by atoms with Gasteiger partial charge in [-0.2, -0.15) is 0 Å². The Hall–Kier alpha value is -1.35. The predicted molar refractivity (Wildman–Crippen MR) is 51.5 cm³/mol. The standard InChI is InChI=1S/C10H12N2O/c1-6-8-4-3-5-11-10(8)12-9(6)7(2)13/h3-5,7,13H,1-2H3,(H,11,12). The molecule has 0 aliphatic heterocycles. The van der Waals surface area contributed by atoms with Crippen molar-refractivity contribution in [2.24, 2.45) is 0 Å². The Morgan fingerprint density at radius 1 is 1.54 bits per heavy atom. The van der Waals surface area contributed by atoms with Gasteiger partial charge in [-0.3, -0.25) is 0 Å². The number of pyridine rings is 1. The lowest BCUT2D eigenvalue weighted by molar-refractivity contribution is 0.194. The first-order valence-electron chi connectivity index (χ1n) is 4.31. The van der Waals surface area contributed by atoms with Gasteiger partial charge in [-0.1, -0.05) is 0 Å². The molecule has 0 bridgehead atoms. The molecule has 0 spiro atoms. The number of aliphatic hydroxyl groups excluding tert-OH is 1. The maximum atomic E-state index is 9.45. The highest BCUT2D eigenvalue weighted by atomic mass is 16.3. The molecule has 1 atom stereocenters. The summed E-state index contributed by atoms with van der Waals surface area (Å²) in [6, 6.07) is 3.90. The number of aryl methyl sites for hydroxylation is 1. The molecule has 13 heavy (non-hydrogen) atoms. The van der Waals surface area contributed by atoms with Crippen LogP contribution in [0.5, 0.6) is 0 Å². The minimum atomic E-state index is -0.464. The van der Waals surface area contributed by atoms with Crippen LogP contribution < -0.4 is 0 Å². The smallest absolute Gasteiger partial charge is 0.137 e. The monoisotopic (exact) mass is 176 g/mol.